The van der Waals surface area contributed by atoms with Crippen LogP contribution in [0.3, 0.4) is 0 Å². The fraction of sp³-hybridized carbons (Fsp3) is 0.500. The molecule has 0 saturated carbocycles. The van der Waals surface area contributed by atoms with Gasteiger partial charge < -0.3 is 14.4 Å². The molecular weight excluding hydrogens is 285 g/mol. The third kappa shape index (κ3) is 3.65. The molecule has 1 saturated heterocycles. The van der Waals surface area contributed by atoms with Gasteiger partial charge in [0.05, 0.1) is 42.2 Å². The van der Waals surface area contributed by atoms with Gasteiger partial charge in [0.2, 0.25) is 0 Å². The minimum atomic E-state index is -4.46. The first-order valence-corrected chi connectivity index (χ1v) is 6.42. The molecule has 1 atom stereocenters. The lowest BCUT2D eigenvalue weighted by Crippen LogP contribution is -2.45. The highest BCUT2D eigenvalue weighted by Gasteiger charge is 2.36. The van der Waals surface area contributed by atoms with Crippen molar-refractivity contribution in [2.45, 2.75) is 12.3 Å². The average molecular weight is 300 g/mol. The minimum absolute atomic E-state index is 0.0194. The number of ether oxygens (including phenoxy) is 2. The van der Waals surface area contributed by atoms with Crippen LogP contribution >= 0.6 is 0 Å². The van der Waals surface area contributed by atoms with Gasteiger partial charge in [0.25, 0.3) is 0 Å². The number of anilines is 1. The molecule has 4 nitrogen and oxygen atoms in total. The Morgan fingerprint density at radius 2 is 2.24 bits per heavy atom. The van der Waals surface area contributed by atoms with Crippen LogP contribution in [0, 0.1) is 11.3 Å². The fourth-order valence-electron chi connectivity index (χ4n) is 2.33. The quantitative estimate of drug-likeness (QED) is 0.860. The molecule has 1 aliphatic heterocycles. The second-order valence-corrected chi connectivity index (χ2v) is 4.74. The smallest absolute Gasteiger partial charge is 0.382 e. The van der Waals surface area contributed by atoms with Crippen molar-refractivity contribution in [3.05, 3.63) is 29.3 Å². The molecule has 0 N–H and O–H groups in total. The van der Waals surface area contributed by atoms with Crippen LogP contribution in [0.25, 0.3) is 0 Å². The summed E-state index contributed by atoms with van der Waals surface area (Å²) in [6.07, 6.45) is -4.74. The van der Waals surface area contributed by atoms with E-state index in [-0.39, 0.29) is 17.4 Å². The van der Waals surface area contributed by atoms with Gasteiger partial charge in [0.15, 0.2) is 0 Å². The Morgan fingerprint density at radius 3 is 2.86 bits per heavy atom. The molecule has 1 aliphatic rings. The third-order valence-electron chi connectivity index (χ3n) is 3.26. The molecule has 0 spiro atoms. The van der Waals surface area contributed by atoms with Crippen molar-refractivity contribution < 1.29 is 22.6 Å². The van der Waals surface area contributed by atoms with E-state index in [1.54, 1.807) is 4.90 Å². The molecule has 2 rings (SSSR count). The van der Waals surface area contributed by atoms with E-state index in [0.29, 0.717) is 26.3 Å². The highest BCUT2D eigenvalue weighted by molar-refractivity contribution is 5.59. The van der Waals surface area contributed by atoms with E-state index in [0.717, 1.165) is 6.07 Å². The third-order valence-corrected chi connectivity index (χ3v) is 3.26. The summed E-state index contributed by atoms with van der Waals surface area (Å²) in [5.41, 5.74) is -0.515. The molecule has 1 aromatic carbocycles. The summed E-state index contributed by atoms with van der Waals surface area (Å²) < 4.78 is 49.8. The standard InChI is InChI=1S/C14H15F3N2O2/c1-20-9-11-8-19(4-5-21-11)13-6-10(7-18)2-3-12(13)14(15,16)17/h2-3,6,11H,4-5,8-9H2,1H3. The highest BCUT2D eigenvalue weighted by atomic mass is 19.4. The second kappa shape index (κ2) is 6.33. The summed E-state index contributed by atoms with van der Waals surface area (Å²) in [4.78, 5) is 1.59. The van der Waals surface area contributed by atoms with Crippen LogP contribution in [-0.2, 0) is 15.7 Å². The molecule has 114 valence electrons. The van der Waals surface area contributed by atoms with Crippen molar-refractivity contribution in [3.63, 3.8) is 0 Å². The molecule has 1 aromatic rings. The first-order chi connectivity index (χ1) is 9.95. The molecule has 1 unspecified atom stereocenters. The lowest BCUT2D eigenvalue weighted by molar-refractivity contribution is -0.137. The molecule has 1 fully saturated rings. The molecule has 0 amide bonds. The average Bonchev–Trinajstić information content (AvgIpc) is 2.46. The number of alkyl halides is 3. The summed E-state index contributed by atoms with van der Waals surface area (Å²) in [7, 11) is 1.51. The van der Waals surface area contributed by atoms with Crippen molar-refractivity contribution >= 4 is 5.69 Å². The number of nitriles is 1. The van der Waals surface area contributed by atoms with Crippen LogP contribution in [0.2, 0.25) is 0 Å². The molecule has 0 radical (unpaired) electrons. The van der Waals surface area contributed by atoms with E-state index in [4.69, 9.17) is 14.7 Å². The van der Waals surface area contributed by atoms with Crippen molar-refractivity contribution in [1.82, 2.24) is 0 Å². The number of nitrogens with zero attached hydrogens (tertiary/aromatic N) is 2. The number of benzene rings is 1. The van der Waals surface area contributed by atoms with Gasteiger partial charge in [-0.05, 0) is 18.2 Å². The van der Waals surface area contributed by atoms with E-state index < -0.39 is 11.7 Å². The van der Waals surface area contributed by atoms with Gasteiger partial charge in [-0.2, -0.15) is 18.4 Å². The van der Waals surface area contributed by atoms with Crippen LogP contribution in [0.15, 0.2) is 18.2 Å². The van der Waals surface area contributed by atoms with E-state index in [2.05, 4.69) is 0 Å². The molecule has 0 aliphatic carbocycles. The van der Waals surface area contributed by atoms with E-state index in [1.807, 2.05) is 6.07 Å². The highest BCUT2D eigenvalue weighted by Crippen LogP contribution is 2.37. The van der Waals surface area contributed by atoms with Crippen LogP contribution < -0.4 is 4.90 Å². The van der Waals surface area contributed by atoms with Crippen LogP contribution in [-0.4, -0.2) is 39.5 Å². The second-order valence-electron chi connectivity index (χ2n) is 4.74. The Morgan fingerprint density at radius 1 is 1.48 bits per heavy atom. The SMILES string of the molecule is COCC1CN(c2cc(C#N)ccc2C(F)(F)F)CCO1. The number of methoxy groups -OCH3 is 1. The van der Waals surface area contributed by atoms with Crippen molar-refractivity contribution in [2.24, 2.45) is 0 Å². The lowest BCUT2D eigenvalue weighted by Gasteiger charge is -2.35. The maximum absolute atomic E-state index is 13.1. The predicted molar refractivity (Wildman–Crippen MR) is 70.0 cm³/mol. The summed E-state index contributed by atoms with van der Waals surface area (Å²) >= 11 is 0. The van der Waals surface area contributed by atoms with E-state index in [1.165, 1.54) is 19.2 Å². The van der Waals surface area contributed by atoms with Crippen LogP contribution in [0.1, 0.15) is 11.1 Å². The number of halogens is 3. The monoisotopic (exact) mass is 300 g/mol. The Kier molecular flexibility index (Phi) is 4.70. The zero-order valence-electron chi connectivity index (χ0n) is 11.5. The zero-order valence-corrected chi connectivity index (χ0v) is 11.5. The fourth-order valence-corrected chi connectivity index (χ4v) is 2.33. The normalized spacial score (nSPS) is 19.4. The Bertz CT molecular complexity index is 538. The summed E-state index contributed by atoms with van der Waals surface area (Å²) in [6, 6.07) is 5.28. The summed E-state index contributed by atoms with van der Waals surface area (Å²) in [5, 5.41) is 8.90. The van der Waals surface area contributed by atoms with Gasteiger partial charge in [-0.15, -0.1) is 0 Å². The Labute approximate surface area is 120 Å². The maximum atomic E-state index is 13.1. The van der Waals surface area contributed by atoms with Gasteiger partial charge in [0, 0.05) is 20.2 Å². The molecule has 1 heterocycles. The van der Waals surface area contributed by atoms with Gasteiger partial charge in [-0.1, -0.05) is 0 Å². The maximum Gasteiger partial charge on any atom is 0.418 e. The first kappa shape index (κ1) is 15.6. The minimum Gasteiger partial charge on any atom is -0.382 e. The van der Waals surface area contributed by atoms with Crippen LogP contribution in [0.5, 0.6) is 0 Å². The van der Waals surface area contributed by atoms with Gasteiger partial charge in [0.1, 0.15) is 0 Å². The number of hydrogen-bond acceptors (Lipinski definition) is 4. The van der Waals surface area contributed by atoms with Crippen molar-refractivity contribution in [3.8, 4) is 6.07 Å². The summed E-state index contributed by atoms with van der Waals surface area (Å²) in [6.45, 7) is 1.28. The van der Waals surface area contributed by atoms with Gasteiger partial charge in [-0.3, -0.25) is 0 Å². The molecule has 0 aromatic heterocycles. The topological polar surface area (TPSA) is 45.5 Å². The largest absolute Gasteiger partial charge is 0.418 e. The lowest BCUT2D eigenvalue weighted by atomic mass is 10.1. The van der Waals surface area contributed by atoms with Crippen molar-refractivity contribution in [2.75, 3.05) is 38.3 Å². The van der Waals surface area contributed by atoms with Crippen LogP contribution in [0.4, 0.5) is 18.9 Å². The number of morpholine rings is 1. The van der Waals surface area contributed by atoms with E-state index in [9.17, 15) is 13.2 Å². The predicted octanol–water partition coefficient (Wildman–Crippen LogP) is 2.43. The van der Waals surface area contributed by atoms with Gasteiger partial charge in [-0.25, -0.2) is 0 Å². The van der Waals surface area contributed by atoms with Gasteiger partial charge >= 0.3 is 6.18 Å². The summed E-state index contributed by atoms with van der Waals surface area (Å²) in [5.74, 6) is 0. The van der Waals surface area contributed by atoms with Crippen molar-refractivity contribution in [1.29, 1.82) is 5.26 Å². The molecule has 21 heavy (non-hydrogen) atoms. The first-order valence-electron chi connectivity index (χ1n) is 6.42. The van der Waals surface area contributed by atoms with E-state index >= 15 is 0 Å². The number of hydrogen-bond donors (Lipinski definition) is 0. The molecular formula is C14H15F3N2O2. The molecule has 7 heteroatoms. The zero-order chi connectivity index (χ0) is 15.5. The number of rotatable bonds is 3. The molecule has 0 bridgehead atoms. The Hall–Kier alpha value is -1.78. The Balaban J connectivity index is 2.34.